The Labute approximate surface area is 114 Å². The smallest absolute Gasteiger partial charge is 0.251 e. The van der Waals surface area contributed by atoms with Crippen molar-refractivity contribution >= 4 is 11.6 Å². The van der Waals surface area contributed by atoms with Crippen LogP contribution in [0, 0.1) is 11.6 Å². The Morgan fingerprint density at radius 3 is 2.40 bits per heavy atom. The van der Waals surface area contributed by atoms with Crippen molar-refractivity contribution in [2.24, 2.45) is 5.84 Å². The van der Waals surface area contributed by atoms with E-state index in [-0.39, 0.29) is 18.0 Å². The first-order chi connectivity index (χ1) is 9.60. The van der Waals surface area contributed by atoms with Crippen LogP contribution < -0.4 is 16.6 Å². The number of carbonyl (C=O) groups is 1. The summed E-state index contributed by atoms with van der Waals surface area (Å²) in [4.78, 5) is 11.8. The molecule has 0 unspecified atom stereocenters. The Kier molecular flexibility index (Phi) is 4.27. The van der Waals surface area contributed by atoms with Crippen LogP contribution in [0.2, 0.25) is 0 Å². The number of rotatable bonds is 4. The minimum Gasteiger partial charge on any atom is -0.348 e. The van der Waals surface area contributed by atoms with E-state index >= 15 is 0 Å². The highest BCUT2D eigenvalue weighted by Gasteiger charge is 2.08. The maximum atomic E-state index is 13.4. The molecule has 0 atom stereocenters. The number of nitrogen functional groups attached to an aromatic ring is 1. The van der Waals surface area contributed by atoms with Crippen molar-refractivity contribution in [3.8, 4) is 0 Å². The van der Waals surface area contributed by atoms with Gasteiger partial charge in [0.15, 0.2) is 0 Å². The highest BCUT2D eigenvalue weighted by molar-refractivity contribution is 5.94. The summed E-state index contributed by atoms with van der Waals surface area (Å²) < 4.78 is 26.1. The first-order valence-electron chi connectivity index (χ1n) is 5.89. The van der Waals surface area contributed by atoms with Crippen LogP contribution in [0.25, 0.3) is 0 Å². The second kappa shape index (κ2) is 6.12. The summed E-state index contributed by atoms with van der Waals surface area (Å²) in [5, 5.41) is 2.56. The molecule has 2 rings (SSSR count). The molecule has 0 aromatic heterocycles. The third kappa shape index (κ3) is 3.30. The van der Waals surface area contributed by atoms with Crippen molar-refractivity contribution in [2.75, 3.05) is 5.43 Å². The van der Waals surface area contributed by atoms with Gasteiger partial charge >= 0.3 is 0 Å². The molecule has 4 nitrogen and oxygen atoms in total. The first kappa shape index (κ1) is 14.0. The van der Waals surface area contributed by atoms with Crippen LogP contribution >= 0.6 is 0 Å². The summed E-state index contributed by atoms with van der Waals surface area (Å²) in [5.74, 6) is 3.53. The minimum atomic E-state index is -0.687. The lowest BCUT2D eigenvalue weighted by Crippen LogP contribution is -2.23. The lowest BCUT2D eigenvalue weighted by Gasteiger charge is -2.07. The van der Waals surface area contributed by atoms with Gasteiger partial charge in [0.2, 0.25) is 0 Å². The average Bonchev–Trinajstić information content (AvgIpc) is 2.46. The maximum Gasteiger partial charge on any atom is 0.251 e. The highest BCUT2D eigenvalue weighted by Crippen LogP contribution is 2.11. The second-order valence-corrected chi connectivity index (χ2v) is 4.14. The van der Waals surface area contributed by atoms with E-state index < -0.39 is 11.6 Å². The molecule has 0 saturated carbocycles. The summed E-state index contributed by atoms with van der Waals surface area (Å²) in [6.07, 6.45) is 0. The number of nitrogens with one attached hydrogen (secondary N) is 2. The SMILES string of the molecule is NNc1ccc(C(=O)NCc2ccc(F)cc2F)cc1. The van der Waals surface area contributed by atoms with Gasteiger partial charge in [0.05, 0.1) is 0 Å². The van der Waals surface area contributed by atoms with Crippen LogP contribution in [-0.2, 0) is 6.54 Å². The van der Waals surface area contributed by atoms with Gasteiger partial charge in [-0.3, -0.25) is 10.6 Å². The van der Waals surface area contributed by atoms with E-state index in [1.54, 1.807) is 24.3 Å². The molecule has 104 valence electrons. The Balaban J connectivity index is 2.00. The van der Waals surface area contributed by atoms with E-state index in [4.69, 9.17) is 5.84 Å². The fourth-order valence-corrected chi connectivity index (χ4v) is 1.66. The Morgan fingerprint density at radius 1 is 1.10 bits per heavy atom. The monoisotopic (exact) mass is 277 g/mol. The molecule has 0 fully saturated rings. The van der Waals surface area contributed by atoms with E-state index in [1.807, 2.05) is 0 Å². The molecule has 1 amide bonds. The van der Waals surface area contributed by atoms with Gasteiger partial charge < -0.3 is 10.7 Å². The fourth-order valence-electron chi connectivity index (χ4n) is 1.66. The topological polar surface area (TPSA) is 67.1 Å². The molecule has 6 heteroatoms. The number of benzene rings is 2. The molecule has 0 heterocycles. The van der Waals surface area contributed by atoms with Gasteiger partial charge in [-0.2, -0.15) is 0 Å². The van der Waals surface area contributed by atoms with E-state index in [2.05, 4.69) is 10.7 Å². The van der Waals surface area contributed by atoms with Gasteiger partial charge in [-0.1, -0.05) is 6.07 Å². The summed E-state index contributed by atoms with van der Waals surface area (Å²) in [6, 6.07) is 9.69. The van der Waals surface area contributed by atoms with E-state index in [0.717, 1.165) is 12.1 Å². The Bertz CT molecular complexity index is 614. The van der Waals surface area contributed by atoms with Gasteiger partial charge in [-0.15, -0.1) is 0 Å². The minimum absolute atomic E-state index is 0.0121. The Morgan fingerprint density at radius 2 is 1.80 bits per heavy atom. The molecule has 4 N–H and O–H groups in total. The van der Waals surface area contributed by atoms with Gasteiger partial charge in [-0.05, 0) is 30.3 Å². The number of halogens is 2. The molecule has 0 aliphatic carbocycles. The zero-order valence-corrected chi connectivity index (χ0v) is 10.5. The van der Waals surface area contributed by atoms with Crippen LogP contribution in [-0.4, -0.2) is 5.91 Å². The number of amides is 1. The van der Waals surface area contributed by atoms with Crippen LogP contribution in [0.1, 0.15) is 15.9 Å². The highest BCUT2D eigenvalue weighted by atomic mass is 19.1. The standard InChI is InChI=1S/C14H13F2N3O/c15-11-4-1-10(13(16)7-11)8-18-14(20)9-2-5-12(19-17)6-3-9/h1-7,19H,8,17H2,(H,18,20). The summed E-state index contributed by atoms with van der Waals surface area (Å²) >= 11 is 0. The van der Waals surface area contributed by atoms with Gasteiger partial charge in [0.1, 0.15) is 11.6 Å². The van der Waals surface area contributed by atoms with Crippen molar-refractivity contribution in [1.29, 1.82) is 0 Å². The van der Waals surface area contributed by atoms with Crippen molar-refractivity contribution in [3.63, 3.8) is 0 Å². The number of anilines is 1. The van der Waals surface area contributed by atoms with E-state index in [0.29, 0.717) is 11.3 Å². The number of carbonyl (C=O) groups excluding carboxylic acids is 1. The third-order valence-electron chi connectivity index (χ3n) is 2.77. The molecule has 2 aromatic rings. The molecule has 2 aromatic carbocycles. The second-order valence-electron chi connectivity index (χ2n) is 4.14. The largest absolute Gasteiger partial charge is 0.348 e. The third-order valence-corrected chi connectivity index (χ3v) is 2.77. The summed E-state index contributed by atoms with van der Waals surface area (Å²) in [5.41, 5.74) is 3.76. The van der Waals surface area contributed by atoms with Crippen molar-refractivity contribution < 1.29 is 13.6 Å². The number of hydrazine groups is 1. The maximum absolute atomic E-state index is 13.4. The molecule has 20 heavy (non-hydrogen) atoms. The van der Waals surface area contributed by atoms with Crippen molar-refractivity contribution in [3.05, 3.63) is 65.2 Å². The average molecular weight is 277 g/mol. The zero-order valence-electron chi connectivity index (χ0n) is 10.5. The normalized spacial score (nSPS) is 10.2. The zero-order chi connectivity index (χ0) is 14.5. The molecule has 0 spiro atoms. The number of hydrogen-bond acceptors (Lipinski definition) is 3. The van der Waals surface area contributed by atoms with Crippen LogP contribution in [0.15, 0.2) is 42.5 Å². The first-order valence-corrected chi connectivity index (χ1v) is 5.89. The summed E-state index contributed by atoms with van der Waals surface area (Å²) in [7, 11) is 0. The molecule has 0 bridgehead atoms. The molecular weight excluding hydrogens is 264 g/mol. The predicted molar refractivity (Wildman–Crippen MR) is 71.8 cm³/mol. The molecule has 0 aliphatic rings. The number of hydrogen-bond donors (Lipinski definition) is 3. The van der Waals surface area contributed by atoms with Crippen LogP contribution in [0.4, 0.5) is 14.5 Å². The fraction of sp³-hybridized carbons (Fsp3) is 0.0714. The van der Waals surface area contributed by atoms with Crippen molar-refractivity contribution in [1.82, 2.24) is 5.32 Å². The van der Waals surface area contributed by atoms with E-state index in [1.165, 1.54) is 6.07 Å². The number of nitrogens with two attached hydrogens (primary N) is 1. The Hall–Kier alpha value is -2.47. The predicted octanol–water partition coefficient (Wildman–Crippen LogP) is 2.18. The molecule has 0 aliphatic heterocycles. The molecule has 0 saturated heterocycles. The molecular formula is C14H13F2N3O. The van der Waals surface area contributed by atoms with Gasteiger partial charge in [0, 0.05) is 29.4 Å². The van der Waals surface area contributed by atoms with Gasteiger partial charge in [0.25, 0.3) is 5.91 Å². The van der Waals surface area contributed by atoms with E-state index in [9.17, 15) is 13.6 Å². The molecule has 0 radical (unpaired) electrons. The summed E-state index contributed by atoms with van der Waals surface area (Å²) in [6.45, 7) is -0.0121. The van der Waals surface area contributed by atoms with Crippen molar-refractivity contribution in [2.45, 2.75) is 6.54 Å². The lowest BCUT2D eigenvalue weighted by molar-refractivity contribution is 0.0950. The lowest BCUT2D eigenvalue weighted by atomic mass is 10.1. The van der Waals surface area contributed by atoms with Gasteiger partial charge in [-0.25, -0.2) is 8.78 Å². The van der Waals surface area contributed by atoms with Crippen LogP contribution in [0.3, 0.4) is 0 Å². The quantitative estimate of drug-likeness (QED) is 0.592. The van der Waals surface area contributed by atoms with Crippen LogP contribution in [0.5, 0.6) is 0 Å².